The van der Waals surface area contributed by atoms with E-state index >= 15 is 0 Å². The van der Waals surface area contributed by atoms with Crippen LogP contribution in [0.25, 0.3) is 5.65 Å². The van der Waals surface area contributed by atoms with Crippen LogP contribution in [0.1, 0.15) is 23.1 Å². The van der Waals surface area contributed by atoms with Crippen LogP contribution in [0.5, 0.6) is 0 Å². The van der Waals surface area contributed by atoms with Crippen molar-refractivity contribution in [3.05, 3.63) is 28.1 Å². The fourth-order valence-corrected chi connectivity index (χ4v) is 1.79. The molecule has 2 rings (SSSR count). The Balaban J connectivity index is 2.66. The second-order valence-corrected chi connectivity index (χ2v) is 3.85. The highest BCUT2D eigenvalue weighted by molar-refractivity contribution is 9.10. The quantitative estimate of drug-likeness (QED) is 0.785. The normalized spacial score (nSPS) is 10.2. The molecule has 0 fully saturated rings. The fourth-order valence-electron chi connectivity index (χ4n) is 1.35. The number of halogens is 1. The predicted octanol–water partition coefficient (Wildman–Crippen LogP) is 1.54. The van der Waals surface area contributed by atoms with E-state index in [1.807, 2.05) is 6.07 Å². The summed E-state index contributed by atoms with van der Waals surface area (Å²) in [5.41, 5.74) is 0.820. The van der Waals surface area contributed by atoms with Gasteiger partial charge in [-0.3, -0.25) is 0 Å². The summed E-state index contributed by atoms with van der Waals surface area (Å²) in [6.07, 6.45) is 1.47. The first-order valence-electron chi connectivity index (χ1n) is 4.79. The lowest BCUT2D eigenvalue weighted by molar-refractivity contribution is 0.0516. The molecule has 2 heterocycles. The molecule has 0 saturated carbocycles. The van der Waals surface area contributed by atoms with E-state index < -0.39 is 5.97 Å². The molecule has 86 valence electrons. The van der Waals surface area contributed by atoms with Crippen LogP contribution in [0.4, 0.5) is 0 Å². The Morgan fingerprint density at radius 2 is 2.47 bits per heavy atom. The van der Waals surface area contributed by atoms with Gasteiger partial charge in [0.05, 0.1) is 6.61 Å². The van der Waals surface area contributed by atoms with Gasteiger partial charge in [-0.05, 0) is 28.9 Å². The average molecular weight is 295 g/mol. The van der Waals surface area contributed by atoms with Crippen molar-refractivity contribution in [1.29, 1.82) is 5.26 Å². The lowest BCUT2D eigenvalue weighted by atomic mass is 10.4. The van der Waals surface area contributed by atoms with E-state index in [0.29, 0.717) is 10.1 Å². The van der Waals surface area contributed by atoms with Crippen LogP contribution in [0.15, 0.2) is 16.7 Å². The Morgan fingerprint density at radius 3 is 3.12 bits per heavy atom. The van der Waals surface area contributed by atoms with Crippen molar-refractivity contribution in [2.24, 2.45) is 0 Å². The third-order valence-electron chi connectivity index (χ3n) is 2.05. The first-order chi connectivity index (χ1) is 8.19. The molecule has 0 aromatic carbocycles. The van der Waals surface area contributed by atoms with Crippen LogP contribution in [0.3, 0.4) is 0 Å². The van der Waals surface area contributed by atoms with Crippen molar-refractivity contribution in [1.82, 2.24) is 14.6 Å². The molecular formula is C10H7BrN4O2. The summed E-state index contributed by atoms with van der Waals surface area (Å²) < 4.78 is 6.65. The number of nitriles is 1. The maximum absolute atomic E-state index is 11.7. The van der Waals surface area contributed by atoms with Crippen LogP contribution in [0.2, 0.25) is 0 Å². The van der Waals surface area contributed by atoms with Crippen molar-refractivity contribution in [3.8, 4) is 6.07 Å². The Morgan fingerprint density at radius 1 is 1.71 bits per heavy atom. The first-order valence-corrected chi connectivity index (χ1v) is 5.58. The van der Waals surface area contributed by atoms with Crippen molar-refractivity contribution >= 4 is 27.5 Å². The molecule has 0 amide bonds. The lowest BCUT2D eigenvalue weighted by Gasteiger charge is -2.02. The van der Waals surface area contributed by atoms with Gasteiger partial charge in [0.2, 0.25) is 0 Å². The van der Waals surface area contributed by atoms with E-state index in [1.54, 1.807) is 6.92 Å². The molecule has 0 atom stereocenters. The molecule has 0 bridgehead atoms. The number of fused-ring (bicyclic) bond motifs is 1. The molecular weight excluding hydrogens is 288 g/mol. The van der Waals surface area contributed by atoms with Gasteiger partial charge in [0.15, 0.2) is 17.0 Å². The Kier molecular flexibility index (Phi) is 3.06. The maximum Gasteiger partial charge on any atom is 0.357 e. The third-order valence-corrected chi connectivity index (χ3v) is 2.78. The summed E-state index contributed by atoms with van der Waals surface area (Å²) in [6, 6.07) is 3.40. The van der Waals surface area contributed by atoms with Gasteiger partial charge in [0, 0.05) is 6.20 Å². The van der Waals surface area contributed by atoms with E-state index in [1.165, 1.54) is 16.8 Å². The van der Waals surface area contributed by atoms with E-state index in [2.05, 4.69) is 26.0 Å². The zero-order valence-electron chi connectivity index (χ0n) is 8.85. The molecule has 6 nitrogen and oxygen atoms in total. The molecule has 0 aliphatic rings. The van der Waals surface area contributed by atoms with Gasteiger partial charge in [-0.2, -0.15) is 10.4 Å². The number of aromatic nitrogens is 3. The minimum Gasteiger partial charge on any atom is -0.461 e. The molecule has 2 aromatic heterocycles. The SMILES string of the molecule is CCOC(=O)c1ccnc2c(Br)c(C#N)nn12. The molecule has 17 heavy (non-hydrogen) atoms. The summed E-state index contributed by atoms with van der Waals surface area (Å²) in [4.78, 5) is 15.7. The second-order valence-electron chi connectivity index (χ2n) is 3.06. The van der Waals surface area contributed by atoms with E-state index in [-0.39, 0.29) is 18.0 Å². The number of nitrogens with zero attached hydrogens (tertiary/aromatic N) is 4. The van der Waals surface area contributed by atoms with Gasteiger partial charge in [0.1, 0.15) is 10.5 Å². The van der Waals surface area contributed by atoms with Gasteiger partial charge in [-0.15, -0.1) is 0 Å². The molecule has 2 aromatic rings. The summed E-state index contributed by atoms with van der Waals surface area (Å²) >= 11 is 3.21. The van der Waals surface area contributed by atoms with Crippen LogP contribution in [-0.4, -0.2) is 27.2 Å². The summed E-state index contributed by atoms with van der Waals surface area (Å²) in [6.45, 7) is 1.99. The number of esters is 1. The average Bonchev–Trinajstić information content (AvgIpc) is 2.66. The van der Waals surface area contributed by atoms with Gasteiger partial charge in [-0.1, -0.05) is 0 Å². The standard InChI is InChI=1S/C10H7BrN4O2/c1-2-17-10(16)7-3-4-13-9-8(11)6(5-12)14-15(7)9/h3-4H,2H2,1H3. The number of hydrogen-bond donors (Lipinski definition) is 0. The van der Waals surface area contributed by atoms with Crippen LogP contribution >= 0.6 is 15.9 Å². The molecule has 0 aliphatic carbocycles. The van der Waals surface area contributed by atoms with Crippen molar-refractivity contribution in [2.75, 3.05) is 6.61 Å². The fraction of sp³-hybridized carbons (Fsp3) is 0.200. The predicted molar refractivity (Wildman–Crippen MR) is 61.4 cm³/mol. The third kappa shape index (κ3) is 1.87. The molecule has 7 heteroatoms. The number of hydrogen-bond acceptors (Lipinski definition) is 5. The zero-order chi connectivity index (χ0) is 12.4. The topological polar surface area (TPSA) is 80.3 Å². The lowest BCUT2D eigenvalue weighted by Crippen LogP contribution is -2.11. The molecule has 0 N–H and O–H groups in total. The zero-order valence-corrected chi connectivity index (χ0v) is 10.4. The molecule has 0 radical (unpaired) electrons. The monoisotopic (exact) mass is 294 g/mol. The maximum atomic E-state index is 11.7. The molecule has 0 aliphatic heterocycles. The molecule has 0 unspecified atom stereocenters. The van der Waals surface area contributed by atoms with Gasteiger partial charge < -0.3 is 4.74 Å². The van der Waals surface area contributed by atoms with Gasteiger partial charge in [-0.25, -0.2) is 14.3 Å². The van der Waals surface area contributed by atoms with Crippen LogP contribution in [-0.2, 0) is 4.74 Å². The van der Waals surface area contributed by atoms with Crippen LogP contribution in [0, 0.1) is 11.3 Å². The number of rotatable bonds is 2. The van der Waals surface area contributed by atoms with Crippen LogP contribution < -0.4 is 0 Å². The van der Waals surface area contributed by atoms with Gasteiger partial charge in [0.25, 0.3) is 0 Å². The minimum absolute atomic E-state index is 0.175. The van der Waals surface area contributed by atoms with E-state index in [9.17, 15) is 4.79 Å². The Hall–Kier alpha value is -1.94. The van der Waals surface area contributed by atoms with Gasteiger partial charge >= 0.3 is 5.97 Å². The number of carbonyl (C=O) groups excluding carboxylic acids is 1. The smallest absolute Gasteiger partial charge is 0.357 e. The van der Waals surface area contributed by atoms with E-state index in [0.717, 1.165) is 0 Å². The summed E-state index contributed by atoms with van der Waals surface area (Å²) in [5, 5.41) is 12.8. The van der Waals surface area contributed by atoms with Crippen molar-refractivity contribution < 1.29 is 9.53 Å². The minimum atomic E-state index is -0.501. The largest absolute Gasteiger partial charge is 0.461 e. The Labute approximate surface area is 105 Å². The molecule has 0 spiro atoms. The number of ether oxygens (including phenoxy) is 1. The van der Waals surface area contributed by atoms with Crippen molar-refractivity contribution in [2.45, 2.75) is 6.92 Å². The highest BCUT2D eigenvalue weighted by Gasteiger charge is 2.17. The van der Waals surface area contributed by atoms with Crippen molar-refractivity contribution in [3.63, 3.8) is 0 Å². The van der Waals surface area contributed by atoms with E-state index in [4.69, 9.17) is 10.00 Å². The first kappa shape index (κ1) is 11.5. The molecule has 0 saturated heterocycles. The highest BCUT2D eigenvalue weighted by Crippen LogP contribution is 2.21. The second kappa shape index (κ2) is 4.51. The highest BCUT2D eigenvalue weighted by atomic mass is 79.9. The summed E-state index contributed by atoms with van der Waals surface area (Å²) in [5.74, 6) is -0.501. The number of carbonyl (C=O) groups is 1. The summed E-state index contributed by atoms with van der Waals surface area (Å²) in [7, 11) is 0. The Bertz CT molecular complexity index is 629.